The number of tetrazole rings is 1. The van der Waals surface area contributed by atoms with Crippen molar-refractivity contribution in [1.29, 1.82) is 0 Å². The third kappa shape index (κ3) is 3.49. The lowest BCUT2D eigenvalue weighted by molar-refractivity contribution is 0.324. The molecule has 1 unspecified atom stereocenters. The maximum absolute atomic E-state index is 6.40. The quantitative estimate of drug-likeness (QED) is 0.669. The molecule has 0 amide bonds. The number of hydrogen-bond acceptors (Lipinski definition) is 8. The highest BCUT2D eigenvalue weighted by Crippen LogP contribution is 2.39. The minimum Gasteiger partial charge on any atom is -0.497 e. The molecule has 0 aliphatic heterocycles. The molecule has 0 saturated carbocycles. The summed E-state index contributed by atoms with van der Waals surface area (Å²) in [6.45, 7) is 0. The van der Waals surface area contributed by atoms with E-state index in [2.05, 4.69) is 15.5 Å². The van der Waals surface area contributed by atoms with Crippen molar-refractivity contribution in [2.75, 3.05) is 28.4 Å². The second kappa shape index (κ2) is 7.92. The number of hydrogen-bond donors (Lipinski definition) is 1. The molecule has 0 aliphatic carbocycles. The third-order valence-electron chi connectivity index (χ3n) is 4.14. The fraction of sp³-hybridized carbons (Fsp3) is 0.278. The van der Waals surface area contributed by atoms with Gasteiger partial charge in [-0.3, -0.25) is 0 Å². The molecule has 1 heterocycles. The summed E-state index contributed by atoms with van der Waals surface area (Å²) < 4.78 is 22.9. The number of nitrogens with zero attached hydrogens (tertiary/aromatic N) is 4. The van der Waals surface area contributed by atoms with Gasteiger partial charge in [0.25, 0.3) is 0 Å². The summed E-state index contributed by atoms with van der Waals surface area (Å²) in [5.41, 5.74) is 7.88. The van der Waals surface area contributed by atoms with E-state index in [1.807, 2.05) is 24.3 Å². The van der Waals surface area contributed by atoms with Gasteiger partial charge < -0.3 is 24.7 Å². The molecule has 27 heavy (non-hydrogen) atoms. The van der Waals surface area contributed by atoms with E-state index in [1.165, 1.54) is 0 Å². The summed E-state index contributed by atoms with van der Waals surface area (Å²) in [5, 5.41) is 11.9. The molecule has 2 N–H and O–H groups in total. The minimum atomic E-state index is -0.537. The second-order valence-electron chi connectivity index (χ2n) is 5.58. The van der Waals surface area contributed by atoms with Crippen molar-refractivity contribution in [2.24, 2.45) is 5.73 Å². The van der Waals surface area contributed by atoms with E-state index in [1.54, 1.807) is 45.3 Å². The molecule has 1 aromatic heterocycles. The van der Waals surface area contributed by atoms with E-state index in [4.69, 9.17) is 24.7 Å². The summed E-state index contributed by atoms with van der Waals surface area (Å²) in [6, 6.07) is 10.4. The summed E-state index contributed by atoms with van der Waals surface area (Å²) in [4.78, 5) is 0. The summed E-state index contributed by atoms with van der Waals surface area (Å²) in [7, 11) is 6.25. The molecule has 0 spiro atoms. The first-order chi connectivity index (χ1) is 13.1. The lowest BCUT2D eigenvalue weighted by Crippen LogP contribution is -2.18. The van der Waals surface area contributed by atoms with Crippen molar-refractivity contribution in [3.05, 3.63) is 47.8 Å². The first kappa shape index (κ1) is 18.5. The number of ether oxygens (including phenoxy) is 4. The van der Waals surface area contributed by atoms with Crippen molar-refractivity contribution in [2.45, 2.75) is 6.04 Å². The highest BCUT2D eigenvalue weighted by molar-refractivity contribution is 5.58. The topological polar surface area (TPSA) is 107 Å². The van der Waals surface area contributed by atoms with Gasteiger partial charge >= 0.3 is 0 Å². The Morgan fingerprint density at radius 3 is 2.04 bits per heavy atom. The minimum absolute atomic E-state index is 0.467. The molecule has 142 valence electrons. The molecule has 3 rings (SSSR count). The predicted octanol–water partition coefficient (Wildman–Crippen LogP) is 1.74. The van der Waals surface area contributed by atoms with E-state index in [0.29, 0.717) is 28.8 Å². The lowest BCUT2D eigenvalue weighted by atomic mass is 10.1. The Kier molecular flexibility index (Phi) is 5.41. The third-order valence-corrected chi connectivity index (χ3v) is 4.14. The predicted molar refractivity (Wildman–Crippen MR) is 97.8 cm³/mol. The van der Waals surface area contributed by atoms with E-state index in [9.17, 15) is 0 Å². The standard InChI is InChI=1S/C18H21N5O4/c1-24-13-7-5-11(6-8-13)16(19)18-20-21-22-23(18)12-9-14(25-2)17(27-4)15(10-12)26-3/h5-10,16H,19H2,1-4H3. The number of rotatable bonds is 7. The Labute approximate surface area is 156 Å². The van der Waals surface area contributed by atoms with Crippen molar-refractivity contribution in [3.8, 4) is 28.7 Å². The van der Waals surface area contributed by atoms with Crippen LogP contribution in [0.25, 0.3) is 5.69 Å². The van der Waals surface area contributed by atoms with Gasteiger partial charge in [0, 0.05) is 12.1 Å². The molecule has 9 nitrogen and oxygen atoms in total. The highest BCUT2D eigenvalue weighted by Gasteiger charge is 2.21. The van der Waals surface area contributed by atoms with Gasteiger partial charge in [-0.05, 0) is 28.1 Å². The number of benzene rings is 2. The molecule has 1 atom stereocenters. The Bertz CT molecular complexity index is 885. The van der Waals surface area contributed by atoms with Crippen molar-refractivity contribution in [3.63, 3.8) is 0 Å². The van der Waals surface area contributed by atoms with Crippen LogP contribution in [0.5, 0.6) is 23.0 Å². The average Bonchev–Trinajstić information content (AvgIpc) is 3.21. The number of methoxy groups -OCH3 is 4. The maximum Gasteiger partial charge on any atom is 0.203 e. The zero-order chi connectivity index (χ0) is 19.4. The van der Waals surface area contributed by atoms with E-state index in [0.717, 1.165) is 11.3 Å². The summed E-state index contributed by atoms with van der Waals surface area (Å²) in [5.74, 6) is 2.68. The maximum atomic E-state index is 6.40. The fourth-order valence-corrected chi connectivity index (χ4v) is 2.72. The van der Waals surface area contributed by atoms with E-state index >= 15 is 0 Å². The molecule has 0 saturated heterocycles. The van der Waals surface area contributed by atoms with Crippen molar-refractivity contribution < 1.29 is 18.9 Å². The SMILES string of the molecule is COc1ccc(C(N)c2nnnn2-c2cc(OC)c(OC)c(OC)c2)cc1. The Hall–Kier alpha value is -3.33. The normalized spacial score (nSPS) is 11.7. The van der Waals surface area contributed by atoms with Crippen LogP contribution in [0.1, 0.15) is 17.4 Å². The monoisotopic (exact) mass is 371 g/mol. The average molecular weight is 371 g/mol. The summed E-state index contributed by atoms with van der Waals surface area (Å²) in [6.07, 6.45) is 0. The zero-order valence-corrected chi connectivity index (χ0v) is 15.5. The fourth-order valence-electron chi connectivity index (χ4n) is 2.72. The van der Waals surface area contributed by atoms with Crippen LogP contribution in [0.2, 0.25) is 0 Å². The smallest absolute Gasteiger partial charge is 0.203 e. The lowest BCUT2D eigenvalue weighted by Gasteiger charge is -2.16. The molecular weight excluding hydrogens is 350 g/mol. The molecule has 0 radical (unpaired) electrons. The van der Waals surface area contributed by atoms with Crippen LogP contribution in [-0.4, -0.2) is 48.6 Å². The Morgan fingerprint density at radius 1 is 0.889 bits per heavy atom. The van der Waals surface area contributed by atoms with Gasteiger partial charge in [0.2, 0.25) is 5.75 Å². The van der Waals surface area contributed by atoms with Gasteiger partial charge in [0.15, 0.2) is 17.3 Å². The molecule has 3 aromatic rings. The zero-order valence-electron chi connectivity index (χ0n) is 15.5. The van der Waals surface area contributed by atoms with Crippen LogP contribution in [0.15, 0.2) is 36.4 Å². The van der Waals surface area contributed by atoms with Crippen LogP contribution in [0.4, 0.5) is 0 Å². The molecular formula is C18H21N5O4. The van der Waals surface area contributed by atoms with Gasteiger partial charge in [0.1, 0.15) is 5.75 Å². The van der Waals surface area contributed by atoms with E-state index < -0.39 is 6.04 Å². The molecule has 0 fully saturated rings. The van der Waals surface area contributed by atoms with Gasteiger partial charge in [-0.15, -0.1) is 5.10 Å². The number of nitrogens with two attached hydrogens (primary N) is 1. The van der Waals surface area contributed by atoms with E-state index in [-0.39, 0.29) is 0 Å². The van der Waals surface area contributed by atoms with Gasteiger partial charge in [-0.2, -0.15) is 4.68 Å². The molecule has 9 heteroatoms. The van der Waals surface area contributed by atoms with Crippen LogP contribution < -0.4 is 24.7 Å². The summed E-state index contributed by atoms with van der Waals surface area (Å²) >= 11 is 0. The Balaban J connectivity index is 2.03. The van der Waals surface area contributed by atoms with Crippen molar-refractivity contribution in [1.82, 2.24) is 20.2 Å². The largest absolute Gasteiger partial charge is 0.497 e. The van der Waals surface area contributed by atoms with Crippen LogP contribution >= 0.6 is 0 Å². The van der Waals surface area contributed by atoms with Gasteiger partial charge in [-0.25, -0.2) is 0 Å². The molecule has 0 bridgehead atoms. The van der Waals surface area contributed by atoms with Crippen LogP contribution in [-0.2, 0) is 0 Å². The second-order valence-corrected chi connectivity index (χ2v) is 5.58. The highest BCUT2D eigenvalue weighted by atomic mass is 16.5. The van der Waals surface area contributed by atoms with Crippen LogP contribution in [0, 0.1) is 0 Å². The Morgan fingerprint density at radius 2 is 1.52 bits per heavy atom. The first-order valence-electron chi connectivity index (χ1n) is 8.11. The molecule has 0 aliphatic rings. The first-order valence-corrected chi connectivity index (χ1v) is 8.11. The van der Waals surface area contributed by atoms with Gasteiger partial charge in [-0.1, -0.05) is 12.1 Å². The number of aromatic nitrogens is 4. The van der Waals surface area contributed by atoms with Crippen molar-refractivity contribution >= 4 is 0 Å². The van der Waals surface area contributed by atoms with Crippen LogP contribution in [0.3, 0.4) is 0 Å². The molecule has 2 aromatic carbocycles. The van der Waals surface area contributed by atoms with Gasteiger partial charge in [0.05, 0.1) is 40.2 Å².